The van der Waals surface area contributed by atoms with Gasteiger partial charge in [0, 0.05) is 31.2 Å². The lowest BCUT2D eigenvalue weighted by atomic mass is 10.1. The first-order valence-corrected chi connectivity index (χ1v) is 6.29. The van der Waals surface area contributed by atoms with Gasteiger partial charge in [-0.3, -0.25) is 4.79 Å². The summed E-state index contributed by atoms with van der Waals surface area (Å²) in [6, 6.07) is 5.98. The average molecular weight is 248 g/mol. The van der Waals surface area contributed by atoms with Crippen LogP contribution in [0, 0.1) is 6.92 Å². The molecule has 1 aromatic carbocycles. The molecule has 1 aliphatic heterocycles. The third-order valence-electron chi connectivity index (χ3n) is 3.31. The highest BCUT2D eigenvalue weighted by molar-refractivity contribution is 5.94. The van der Waals surface area contributed by atoms with E-state index in [1.54, 1.807) is 7.11 Å². The van der Waals surface area contributed by atoms with Crippen molar-refractivity contribution in [2.75, 3.05) is 26.7 Å². The fourth-order valence-electron chi connectivity index (χ4n) is 2.25. The maximum atomic E-state index is 12.4. The van der Waals surface area contributed by atoms with E-state index in [0.717, 1.165) is 30.9 Å². The molecule has 1 unspecified atom stereocenters. The number of amides is 1. The molecular weight excluding hydrogens is 228 g/mol. The topological polar surface area (TPSA) is 41.6 Å². The Hall–Kier alpha value is -1.55. The van der Waals surface area contributed by atoms with E-state index >= 15 is 0 Å². The van der Waals surface area contributed by atoms with Crippen LogP contribution in [0.2, 0.25) is 0 Å². The van der Waals surface area contributed by atoms with Crippen LogP contribution in [-0.2, 0) is 0 Å². The molecule has 18 heavy (non-hydrogen) atoms. The molecule has 98 valence electrons. The molecule has 0 saturated carbocycles. The van der Waals surface area contributed by atoms with Gasteiger partial charge in [0.25, 0.3) is 5.91 Å². The lowest BCUT2D eigenvalue weighted by molar-refractivity contribution is 0.0708. The number of ether oxygens (including phenoxy) is 1. The third-order valence-corrected chi connectivity index (χ3v) is 3.31. The number of carbonyl (C=O) groups excluding carboxylic acids is 1. The van der Waals surface area contributed by atoms with Crippen LogP contribution in [-0.4, -0.2) is 43.6 Å². The molecule has 1 fully saturated rings. The average Bonchev–Trinajstić information content (AvgIpc) is 2.38. The van der Waals surface area contributed by atoms with E-state index in [2.05, 4.69) is 12.2 Å². The van der Waals surface area contributed by atoms with E-state index in [9.17, 15) is 4.79 Å². The van der Waals surface area contributed by atoms with Gasteiger partial charge in [-0.1, -0.05) is 6.07 Å². The fraction of sp³-hybridized carbons (Fsp3) is 0.500. The first kappa shape index (κ1) is 12.9. The van der Waals surface area contributed by atoms with Crippen molar-refractivity contribution in [1.29, 1.82) is 0 Å². The Morgan fingerprint density at radius 3 is 2.94 bits per heavy atom. The van der Waals surface area contributed by atoms with Crippen molar-refractivity contribution in [2.45, 2.75) is 19.9 Å². The summed E-state index contributed by atoms with van der Waals surface area (Å²) in [6.45, 7) is 6.44. The quantitative estimate of drug-likeness (QED) is 0.861. The Labute approximate surface area is 108 Å². The monoisotopic (exact) mass is 248 g/mol. The standard InChI is InChI=1S/C14H20N2O2/c1-10-4-5-12(8-13(10)18-3)14(17)16-7-6-15-11(2)9-16/h4-5,8,11,15H,6-7,9H2,1-3H3. The number of rotatable bonds is 2. The summed E-state index contributed by atoms with van der Waals surface area (Å²) in [6.07, 6.45) is 0. The van der Waals surface area contributed by atoms with Crippen molar-refractivity contribution in [2.24, 2.45) is 0 Å². The van der Waals surface area contributed by atoms with Crippen LogP contribution in [0.3, 0.4) is 0 Å². The Kier molecular flexibility index (Phi) is 3.87. The number of piperazine rings is 1. The highest BCUT2D eigenvalue weighted by Crippen LogP contribution is 2.20. The summed E-state index contributed by atoms with van der Waals surface area (Å²) in [5, 5.41) is 3.33. The van der Waals surface area contributed by atoms with Crippen molar-refractivity contribution in [3.63, 3.8) is 0 Å². The minimum Gasteiger partial charge on any atom is -0.496 e. The highest BCUT2D eigenvalue weighted by atomic mass is 16.5. The second kappa shape index (κ2) is 5.40. The lowest BCUT2D eigenvalue weighted by Gasteiger charge is -2.32. The van der Waals surface area contributed by atoms with Crippen molar-refractivity contribution in [3.8, 4) is 5.75 Å². The molecule has 4 heteroatoms. The molecule has 1 atom stereocenters. The molecular formula is C14H20N2O2. The van der Waals surface area contributed by atoms with Crippen LogP contribution >= 0.6 is 0 Å². The smallest absolute Gasteiger partial charge is 0.254 e. The molecule has 1 heterocycles. The van der Waals surface area contributed by atoms with E-state index in [-0.39, 0.29) is 5.91 Å². The predicted octanol–water partition coefficient (Wildman–Crippen LogP) is 1.44. The Morgan fingerprint density at radius 1 is 1.50 bits per heavy atom. The number of hydrogen-bond acceptors (Lipinski definition) is 3. The van der Waals surface area contributed by atoms with Crippen LogP contribution in [0.5, 0.6) is 5.75 Å². The second-order valence-corrected chi connectivity index (χ2v) is 4.79. The molecule has 1 amide bonds. The van der Waals surface area contributed by atoms with Gasteiger partial charge < -0.3 is 15.0 Å². The minimum atomic E-state index is 0.0849. The summed E-state index contributed by atoms with van der Waals surface area (Å²) < 4.78 is 5.26. The molecule has 0 bridgehead atoms. The minimum absolute atomic E-state index is 0.0849. The Balaban J connectivity index is 2.17. The van der Waals surface area contributed by atoms with E-state index in [0.29, 0.717) is 11.6 Å². The summed E-state index contributed by atoms with van der Waals surface area (Å²) in [5.41, 5.74) is 1.74. The summed E-state index contributed by atoms with van der Waals surface area (Å²) in [5.74, 6) is 0.852. The lowest BCUT2D eigenvalue weighted by Crippen LogP contribution is -2.51. The first-order chi connectivity index (χ1) is 8.61. The number of hydrogen-bond donors (Lipinski definition) is 1. The van der Waals surface area contributed by atoms with Gasteiger partial charge in [-0.2, -0.15) is 0 Å². The van der Waals surface area contributed by atoms with E-state index in [1.807, 2.05) is 30.0 Å². The van der Waals surface area contributed by atoms with Crippen molar-refractivity contribution in [3.05, 3.63) is 29.3 Å². The van der Waals surface area contributed by atoms with Gasteiger partial charge in [0.15, 0.2) is 0 Å². The third kappa shape index (κ3) is 2.64. The van der Waals surface area contributed by atoms with E-state index in [1.165, 1.54) is 0 Å². The molecule has 0 aromatic heterocycles. The van der Waals surface area contributed by atoms with Gasteiger partial charge >= 0.3 is 0 Å². The van der Waals surface area contributed by atoms with Gasteiger partial charge in [-0.05, 0) is 31.5 Å². The predicted molar refractivity (Wildman–Crippen MR) is 71.1 cm³/mol. The van der Waals surface area contributed by atoms with Gasteiger partial charge in [0.2, 0.25) is 0 Å². The largest absolute Gasteiger partial charge is 0.496 e. The maximum Gasteiger partial charge on any atom is 0.254 e. The molecule has 1 aromatic rings. The number of nitrogens with one attached hydrogen (secondary N) is 1. The molecule has 1 N–H and O–H groups in total. The number of nitrogens with zero attached hydrogens (tertiary/aromatic N) is 1. The van der Waals surface area contributed by atoms with Crippen LogP contribution in [0.15, 0.2) is 18.2 Å². The second-order valence-electron chi connectivity index (χ2n) is 4.79. The molecule has 1 saturated heterocycles. The van der Waals surface area contributed by atoms with Crippen LogP contribution in [0.4, 0.5) is 0 Å². The highest BCUT2D eigenvalue weighted by Gasteiger charge is 2.22. The van der Waals surface area contributed by atoms with E-state index in [4.69, 9.17) is 4.74 Å². The molecule has 2 rings (SSSR count). The maximum absolute atomic E-state index is 12.4. The molecule has 0 aliphatic carbocycles. The normalized spacial score (nSPS) is 19.7. The van der Waals surface area contributed by atoms with Gasteiger partial charge in [0.1, 0.15) is 5.75 Å². The SMILES string of the molecule is COc1cc(C(=O)N2CCNC(C)C2)ccc1C. The summed E-state index contributed by atoms with van der Waals surface area (Å²) in [7, 11) is 1.63. The zero-order valence-corrected chi connectivity index (χ0v) is 11.2. The molecule has 0 radical (unpaired) electrons. The van der Waals surface area contributed by atoms with Crippen molar-refractivity contribution < 1.29 is 9.53 Å². The van der Waals surface area contributed by atoms with Crippen LogP contribution < -0.4 is 10.1 Å². The number of carbonyl (C=O) groups is 1. The summed E-state index contributed by atoms with van der Waals surface area (Å²) in [4.78, 5) is 14.3. The fourth-order valence-corrected chi connectivity index (χ4v) is 2.25. The Morgan fingerprint density at radius 2 is 2.28 bits per heavy atom. The molecule has 4 nitrogen and oxygen atoms in total. The van der Waals surface area contributed by atoms with Gasteiger partial charge in [0.05, 0.1) is 7.11 Å². The number of methoxy groups -OCH3 is 1. The van der Waals surface area contributed by atoms with Gasteiger partial charge in [-0.25, -0.2) is 0 Å². The number of aryl methyl sites for hydroxylation is 1. The molecule has 0 spiro atoms. The van der Waals surface area contributed by atoms with Crippen LogP contribution in [0.25, 0.3) is 0 Å². The van der Waals surface area contributed by atoms with E-state index < -0.39 is 0 Å². The van der Waals surface area contributed by atoms with Gasteiger partial charge in [-0.15, -0.1) is 0 Å². The number of benzene rings is 1. The molecule has 1 aliphatic rings. The van der Waals surface area contributed by atoms with Crippen molar-refractivity contribution in [1.82, 2.24) is 10.2 Å². The van der Waals surface area contributed by atoms with Crippen LogP contribution in [0.1, 0.15) is 22.8 Å². The summed E-state index contributed by atoms with van der Waals surface area (Å²) >= 11 is 0. The zero-order chi connectivity index (χ0) is 13.1. The Bertz CT molecular complexity index is 445. The first-order valence-electron chi connectivity index (χ1n) is 6.29. The van der Waals surface area contributed by atoms with Crippen molar-refractivity contribution >= 4 is 5.91 Å². The zero-order valence-electron chi connectivity index (χ0n) is 11.2.